The molecule has 98 valence electrons. The van der Waals surface area contributed by atoms with E-state index in [0.717, 1.165) is 19.3 Å². The predicted molar refractivity (Wildman–Crippen MR) is 65.6 cm³/mol. The van der Waals surface area contributed by atoms with Crippen molar-refractivity contribution >= 4 is 5.97 Å². The molecule has 0 saturated heterocycles. The Morgan fingerprint density at radius 1 is 1.50 bits per heavy atom. The van der Waals surface area contributed by atoms with E-state index in [4.69, 9.17) is 0 Å². The zero-order valence-electron chi connectivity index (χ0n) is 10.3. The molecule has 1 saturated carbocycles. The van der Waals surface area contributed by atoms with E-state index >= 15 is 0 Å². The molecule has 2 rings (SSSR count). The van der Waals surface area contributed by atoms with Crippen molar-refractivity contribution in [3.63, 3.8) is 0 Å². The van der Waals surface area contributed by atoms with Gasteiger partial charge in [0.25, 0.3) is 5.56 Å². The van der Waals surface area contributed by atoms with Crippen molar-refractivity contribution in [3.8, 4) is 0 Å². The summed E-state index contributed by atoms with van der Waals surface area (Å²) in [5.74, 6) is -0.620. The van der Waals surface area contributed by atoms with Gasteiger partial charge in [0.05, 0.1) is 13.2 Å². The van der Waals surface area contributed by atoms with E-state index in [1.807, 2.05) is 0 Å². The fourth-order valence-electron chi connectivity index (χ4n) is 2.45. The van der Waals surface area contributed by atoms with Gasteiger partial charge in [0.15, 0.2) is 0 Å². The molecule has 18 heavy (non-hydrogen) atoms. The van der Waals surface area contributed by atoms with Crippen LogP contribution in [0.2, 0.25) is 0 Å². The Morgan fingerprint density at radius 3 is 2.94 bits per heavy atom. The molecule has 1 aliphatic carbocycles. The maximum atomic E-state index is 12.2. The fourth-order valence-corrected chi connectivity index (χ4v) is 2.45. The Kier molecular flexibility index (Phi) is 3.81. The Morgan fingerprint density at radius 2 is 2.28 bits per heavy atom. The first kappa shape index (κ1) is 12.8. The maximum absolute atomic E-state index is 12.2. The first-order chi connectivity index (χ1) is 8.63. The highest BCUT2D eigenvalue weighted by Gasteiger charge is 2.23. The van der Waals surface area contributed by atoms with Crippen LogP contribution < -0.4 is 5.56 Å². The van der Waals surface area contributed by atoms with Crippen molar-refractivity contribution in [2.75, 3.05) is 7.11 Å². The zero-order valence-corrected chi connectivity index (χ0v) is 10.3. The summed E-state index contributed by atoms with van der Waals surface area (Å²) in [4.78, 5) is 23.6. The van der Waals surface area contributed by atoms with Gasteiger partial charge in [0, 0.05) is 12.2 Å². The fraction of sp³-hybridized carbons (Fsp3) is 0.538. The number of aliphatic hydroxyl groups excluding tert-OH is 1. The third kappa shape index (κ3) is 2.46. The van der Waals surface area contributed by atoms with Crippen LogP contribution in [-0.4, -0.2) is 28.9 Å². The van der Waals surface area contributed by atoms with Gasteiger partial charge in [-0.2, -0.15) is 0 Å². The number of carbonyl (C=O) groups excluding carboxylic acids is 1. The minimum Gasteiger partial charge on any atom is -0.465 e. The van der Waals surface area contributed by atoms with Gasteiger partial charge >= 0.3 is 5.97 Å². The highest BCUT2D eigenvalue weighted by atomic mass is 16.5. The molecule has 1 aliphatic rings. The minimum absolute atomic E-state index is 0.0362. The van der Waals surface area contributed by atoms with Crippen molar-refractivity contribution in [2.45, 2.75) is 37.8 Å². The Labute approximate surface area is 105 Å². The number of methoxy groups -OCH3 is 1. The van der Waals surface area contributed by atoms with Gasteiger partial charge in [-0.15, -0.1) is 0 Å². The molecule has 0 bridgehead atoms. The Hall–Kier alpha value is -1.62. The number of nitrogens with zero attached hydrogens (tertiary/aromatic N) is 1. The number of esters is 1. The van der Waals surface area contributed by atoms with E-state index in [1.165, 1.54) is 17.7 Å². The number of hydrogen-bond donors (Lipinski definition) is 1. The van der Waals surface area contributed by atoms with Crippen LogP contribution in [0.5, 0.6) is 0 Å². The van der Waals surface area contributed by atoms with Gasteiger partial charge < -0.3 is 14.4 Å². The lowest BCUT2D eigenvalue weighted by molar-refractivity contribution is 0.0597. The molecule has 1 aromatic heterocycles. The largest absolute Gasteiger partial charge is 0.465 e. The van der Waals surface area contributed by atoms with Gasteiger partial charge in [-0.25, -0.2) is 4.79 Å². The summed E-state index contributed by atoms with van der Waals surface area (Å²) in [7, 11) is 1.25. The second kappa shape index (κ2) is 5.35. The molecular weight excluding hydrogens is 234 g/mol. The smallest absolute Gasteiger partial charge is 0.343 e. The Balaban J connectivity index is 2.34. The molecule has 0 spiro atoms. The lowest BCUT2D eigenvalue weighted by atomic mass is 9.92. The van der Waals surface area contributed by atoms with Crippen LogP contribution in [0.4, 0.5) is 0 Å². The molecule has 5 heteroatoms. The molecule has 5 nitrogen and oxygen atoms in total. The molecule has 1 fully saturated rings. The molecule has 1 aromatic rings. The van der Waals surface area contributed by atoms with E-state index in [-0.39, 0.29) is 23.3 Å². The van der Waals surface area contributed by atoms with Gasteiger partial charge in [-0.05, 0) is 37.8 Å². The monoisotopic (exact) mass is 251 g/mol. The van der Waals surface area contributed by atoms with Crippen LogP contribution in [0.1, 0.15) is 42.1 Å². The highest BCUT2D eigenvalue weighted by molar-refractivity contribution is 5.88. The van der Waals surface area contributed by atoms with Gasteiger partial charge in [-0.1, -0.05) is 0 Å². The normalized spacial score (nSPS) is 23.7. The highest BCUT2D eigenvalue weighted by Crippen LogP contribution is 2.27. The van der Waals surface area contributed by atoms with Crippen LogP contribution in [-0.2, 0) is 4.74 Å². The first-order valence-electron chi connectivity index (χ1n) is 6.11. The van der Waals surface area contributed by atoms with Crippen LogP contribution >= 0.6 is 0 Å². The molecule has 1 N–H and O–H groups in total. The first-order valence-corrected chi connectivity index (χ1v) is 6.11. The topological polar surface area (TPSA) is 68.5 Å². The lowest BCUT2D eigenvalue weighted by Crippen LogP contribution is -2.32. The van der Waals surface area contributed by atoms with Gasteiger partial charge in [0.2, 0.25) is 0 Å². The second-order valence-corrected chi connectivity index (χ2v) is 4.60. The molecule has 0 unspecified atom stereocenters. The summed E-state index contributed by atoms with van der Waals surface area (Å²) in [6.07, 6.45) is 4.38. The predicted octanol–water partition coefficient (Wildman–Crippen LogP) is 1.11. The SMILES string of the molecule is COC(=O)c1cccn([C@@H]2CCC[C@@H](O)C2)c1=O. The summed E-state index contributed by atoms with van der Waals surface area (Å²) < 4.78 is 6.12. The maximum Gasteiger partial charge on any atom is 0.343 e. The number of carbonyl (C=O) groups is 1. The van der Waals surface area contributed by atoms with E-state index < -0.39 is 5.97 Å². The van der Waals surface area contributed by atoms with Crippen LogP contribution in [0, 0.1) is 0 Å². The Bertz CT molecular complexity index is 494. The van der Waals surface area contributed by atoms with Crippen LogP contribution in [0.15, 0.2) is 23.1 Å². The summed E-state index contributed by atoms with van der Waals surface area (Å²) in [5, 5.41) is 9.65. The van der Waals surface area contributed by atoms with Crippen molar-refractivity contribution in [1.82, 2.24) is 4.57 Å². The molecule has 0 amide bonds. The number of hydrogen-bond acceptors (Lipinski definition) is 4. The van der Waals surface area contributed by atoms with E-state index in [1.54, 1.807) is 12.3 Å². The molecule has 1 heterocycles. The number of rotatable bonds is 2. The van der Waals surface area contributed by atoms with E-state index in [0.29, 0.717) is 6.42 Å². The summed E-state index contributed by atoms with van der Waals surface area (Å²) in [6, 6.07) is 3.09. The van der Waals surface area contributed by atoms with Gasteiger partial charge in [0.1, 0.15) is 5.56 Å². The second-order valence-electron chi connectivity index (χ2n) is 4.60. The standard InChI is InChI=1S/C13H17NO4/c1-18-13(17)11-6-3-7-14(12(11)16)9-4-2-5-10(15)8-9/h3,6-7,9-10,15H,2,4-5,8H2,1H3/t9-,10-/m1/s1. The summed E-state index contributed by atoms with van der Waals surface area (Å²) in [6.45, 7) is 0. The van der Waals surface area contributed by atoms with Crippen molar-refractivity contribution in [3.05, 3.63) is 34.2 Å². The molecule has 0 aromatic carbocycles. The number of ether oxygens (including phenoxy) is 1. The quantitative estimate of drug-likeness (QED) is 0.799. The molecule has 0 radical (unpaired) electrons. The third-order valence-electron chi connectivity index (χ3n) is 3.39. The van der Waals surface area contributed by atoms with Crippen molar-refractivity contribution in [2.24, 2.45) is 0 Å². The number of pyridine rings is 1. The third-order valence-corrected chi connectivity index (χ3v) is 3.39. The molecule has 2 atom stereocenters. The molecular formula is C13H17NO4. The van der Waals surface area contributed by atoms with Gasteiger partial charge in [-0.3, -0.25) is 4.79 Å². The molecule has 0 aliphatic heterocycles. The van der Waals surface area contributed by atoms with Crippen LogP contribution in [0.3, 0.4) is 0 Å². The minimum atomic E-state index is -0.620. The van der Waals surface area contributed by atoms with Crippen LogP contribution in [0.25, 0.3) is 0 Å². The van der Waals surface area contributed by atoms with E-state index in [9.17, 15) is 14.7 Å². The lowest BCUT2D eigenvalue weighted by Gasteiger charge is -2.27. The number of aromatic nitrogens is 1. The summed E-state index contributed by atoms with van der Waals surface area (Å²) >= 11 is 0. The zero-order chi connectivity index (χ0) is 13.1. The average Bonchev–Trinajstić information content (AvgIpc) is 2.38. The average molecular weight is 251 g/mol. The van der Waals surface area contributed by atoms with Crippen molar-refractivity contribution in [1.29, 1.82) is 0 Å². The van der Waals surface area contributed by atoms with E-state index in [2.05, 4.69) is 4.74 Å². The van der Waals surface area contributed by atoms with Crippen molar-refractivity contribution < 1.29 is 14.6 Å². The summed E-state index contributed by atoms with van der Waals surface area (Å²) in [5.41, 5.74) is -0.302. The number of aliphatic hydroxyl groups is 1.